The van der Waals surface area contributed by atoms with E-state index in [1.165, 1.54) is 12.8 Å². The monoisotopic (exact) mass is 212 g/mol. The molecule has 0 bridgehead atoms. The van der Waals surface area contributed by atoms with Crippen LogP contribution in [0.3, 0.4) is 0 Å². The van der Waals surface area contributed by atoms with E-state index < -0.39 is 0 Å². The van der Waals surface area contributed by atoms with Gasteiger partial charge < -0.3 is 15.4 Å². The maximum absolute atomic E-state index is 11.9. The zero-order chi connectivity index (χ0) is 10.7. The van der Waals surface area contributed by atoms with Crippen molar-refractivity contribution in [2.45, 2.75) is 25.3 Å². The maximum Gasteiger partial charge on any atom is 0.224 e. The van der Waals surface area contributed by atoms with E-state index in [1.54, 1.807) is 7.11 Å². The standard InChI is InChI=1S/C11H20N2O2/c1-15-7-10(8-2-3-8)13-11(14)9-4-5-12-6-9/h8-10,12H,2-7H2,1H3,(H,13,14). The van der Waals surface area contributed by atoms with Crippen molar-refractivity contribution in [3.63, 3.8) is 0 Å². The van der Waals surface area contributed by atoms with Crippen molar-refractivity contribution in [2.75, 3.05) is 26.8 Å². The van der Waals surface area contributed by atoms with Gasteiger partial charge in [-0.2, -0.15) is 0 Å². The Hall–Kier alpha value is -0.610. The molecule has 4 heteroatoms. The molecule has 86 valence electrons. The lowest BCUT2D eigenvalue weighted by molar-refractivity contribution is -0.125. The molecule has 15 heavy (non-hydrogen) atoms. The minimum absolute atomic E-state index is 0.170. The van der Waals surface area contributed by atoms with E-state index in [-0.39, 0.29) is 17.9 Å². The second-order valence-electron chi connectivity index (χ2n) is 4.60. The molecule has 1 saturated heterocycles. The second-order valence-corrected chi connectivity index (χ2v) is 4.60. The fraction of sp³-hybridized carbons (Fsp3) is 0.909. The molecular formula is C11H20N2O2. The average Bonchev–Trinajstić information content (AvgIpc) is 2.92. The average molecular weight is 212 g/mol. The normalized spacial score (nSPS) is 27.7. The van der Waals surface area contributed by atoms with Crippen molar-refractivity contribution in [1.29, 1.82) is 0 Å². The van der Waals surface area contributed by atoms with Gasteiger partial charge in [0.05, 0.1) is 18.6 Å². The third kappa shape index (κ3) is 2.92. The van der Waals surface area contributed by atoms with Crippen LogP contribution in [0.2, 0.25) is 0 Å². The number of hydrogen-bond donors (Lipinski definition) is 2. The molecule has 2 fully saturated rings. The summed E-state index contributed by atoms with van der Waals surface area (Å²) in [5, 5.41) is 6.33. The Balaban J connectivity index is 1.79. The van der Waals surface area contributed by atoms with Gasteiger partial charge in [-0.3, -0.25) is 4.79 Å². The van der Waals surface area contributed by atoms with Crippen molar-refractivity contribution in [1.82, 2.24) is 10.6 Å². The summed E-state index contributed by atoms with van der Waals surface area (Å²) in [6.07, 6.45) is 3.44. The van der Waals surface area contributed by atoms with Gasteiger partial charge in [0.2, 0.25) is 5.91 Å². The smallest absolute Gasteiger partial charge is 0.224 e. The fourth-order valence-electron chi connectivity index (χ4n) is 2.15. The number of carbonyl (C=O) groups is 1. The van der Waals surface area contributed by atoms with Gasteiger partial charge in [-0.25, -0.2) is 0 Å². The number of nitrogens with one attached hydrogen (secondary N) is 2. The van der Waals surface area contributed by atoms with Gasteiger partial charge in [-0.15, -0.1) is 0 Å². The van der Waals surface area contributed by atoms with Gasteiger partial charge >= 0.3 is 0 Å². The summed E-state index contributed by atoms with van der Waals surface area (Å²) in [6.45, 7) is 2.45. The first-order chi connectivity index (χ1) is 7.31. The summed E-state index contributed by atoms with van der Waals surface area (Å²) >= 11 is 0. The second kappa shape index (κ2) is 4.94. The molecule has 2 atom stereocenters. The number of amides is 1. The molecule has 2 aliphatic rings. The Morgan fingerprint density at radius 1 is 1.53 bits per heavy atom. The van der Waals surface area contributed by atoms with E-state index in [0.717, 1.165) is 19.5 Å². The van der Waals surface area contributed by atoms with Crippen molar-refractivity contribution in [2.24, 2.45) is 11.8 Å². The molecule has 1 aliphatic carbocycles. The zero-order valence-corrected chi connectivity index (χ0v) is 9.29. The summed E-state index contributed by atoms with van der Waals surface area (Å²) < 4.78 is 5.14. The molecule has 4 nitrogen and oxygen atoms in total. The van der Waals surface area contributed by atoms with Gasteiger partial charge in [0.25, 0.3) is 0 Å². The summed E-state index contributed by atoms with van der Waals surface area (Å²) in [5.41, 5.74) is 0. The summed E-state index contributed by atoms with van der Waals surface area (Å²) in [4.78, 5) is 11.9. The highest BCUT2D eigenvalue weighted by Gasteiger charge is 2.34. The third-order valence-corrected chi connectivity index (χ3v) is 3.30. The molecule has 1 aliphatic heterocycles. The minimum Gasteiger partial charge on any atom is -0.383 e. The summed E-state index contributed by atoms with van der Waals surface area (Å²) in [5.74, 6) is 1.03. The lowest BCUT2D eigenvalue weighted by Gasteiger charge is -2.19. The van der Waals surface area contributed by atoms with Crippen LogP contribution in [-0.4, -0.2) is 38.8 Å². The molecule has 2 unspecified atom stereocenters. The third-order valence-electron chi connectivity index (χ3n) is 3.30. The number of rotatable bonds is 5. The molecule has 0 radical (unpaired) electrons. The SMILES string of the molecule is COCC(NC(=O)C1CCNC1)C1CC1. The largest absolute Gasteiger partial charge is 0.383 e. The quantitative estimate of drug-likeness (QED) is 0.681. The molecule has 1 heterocycles. The van der Waals surface area contributed by atoms with Crippen LogP contribution in [0.4, 0.5) is 0 Å². The molecule has 2 N–H and O–H groups in total. The van der Waals surface area contributed by atoms with Crippen molar-refractivity contribution in [3.05, 3.63) is 0 Å². The van der Waals surface area contributed by atoms with Crippen molar-refractivity contribution < 1.29 is 9.53 Å². The summed E-state index contributed by atoms with van der Waals surface area (Å²) in [7, 11) is 1.69. The number of methoxy groups -OCH3 is 1. The number of hydrogen-bond acceptors (Lipinski definition) is 3. The summed E-state index contributed by atoms with van der Waals surface area (Å²) in [6, 6.07) is 0.239. The van der Waals surface area contributed by atoms with Gasteiger partial charge in [-0.05, 0) is 31.7 Å². The first-order valence-corrected chi connectivity index (χ1v) is 5.81. The van der Waals surface area contributed by atoms with Gasteiger partial charge in [0, 0.05) is 13.7 Å². The first kappa shape index (κ1) is 10.9. The van der Waals surface area contributed by atoms with E-state index in [9.17, 15) is 4.79 Å². The predicted octanol–water partition coefficient (Wildman–Crippen LogP) is 0.137. The van der Waals surface area contributed by atoms with E-state index in [1.807, 2.05) is 0 Å². The van der Waals surface area contributed by atoms with Crippen LogP contribution in [0.15, 0.2) is 0 Å². The Morgan fingerprint density at radius 2 is 2.33 bits per heavy atom. The molecule has 1 amide bonds. The highest BCUT2D eigenvalue weighted by atomic mass is 16.5. The molecule has 2 rings (SSSR count). The van der Waals surface area contributed by atoms with Crippen molar-refractivity contribution in [3.8, 4) is 0 Å². The molecule has 0 aromatic heterocycles. The first-order valence-electron chi connectivity index (χ1n) is 5.81. The Kier molecular flexibility index (Phi) is 3.59. The van der Waals surface area contributed by atoms with E-state index in [4.69, 9.17) is 4.74 Å². The number of ether oxygens (including phenoxy) is 1. The highest BCUT2D eigenvalue weighted by molar-refractivity contribution is 5.79. The van der Waals surface area contributed by atoms with E-state index in [0.29, 0.717) is 12.5 Å². The molecule has 0 spiro atoms. The Bertz CT molecular complexity index is 223. The minimum atomic E-state index is 0.170. The number of carbonyl (C=O) groups excluding carboxylic acids is 1. The topological polar surface area (TPSA) is 50.4 Å². The molecule has 0 aromatic rings. The molecular weight excluding hydrogens is 192 g/mol. The van der Waals surface area contributed by atoms with E-state index in [2.05, 4.69) is 10.6 Å². The van der Waals surface area contributed by atoms with Gasteiger partial charge in [0.15, 0.2) is 0 Å². The van der Waals surface area contributed by atoms with Crippen LogP contribution in [0.5, 0.6) is 0 Å². The lowest BCUT2D eigenvalue weighted by Crippen LogP contribution is -2.43. The Morgan fingerprint density at radius 3 is 2.87 bits per heavy atom. The molecule has 1 saturated carbocycles. The van der Waals surface area contributed by atoms with Crippen LogP contribution in [0, 0.1) is 11.8 Å². The maximum atomic E-state index is 11.9. The van der Waals surface area contributed by atoms with E-state index >= 15 is 0 Å². The van der Waals surface area contributed by atoms with Crippen molar-refractivity contribution >= 4 is 5.91 Å². The zero-order valence-electron chi connectivity index (χ0n) is 9.29. The lowest BCUT2D eigenvalue weighted by atomic mass is 10.1. The predicted molar refractivity (Wildman–Crippen MR) is 57.5 cm³/mol. The highest BCUT2D eigenvalue weighted by Crippen LogP contribution is 2.32. The fourth-order valence-corrected chi connectivity index (χ4v) is 2.15. The van der Waals surface area contributed by atoms with Crippen LogP contribution in [-0.2, 0) is 9.53 Å². The van der Waals surface area contributed by atoms with Gasteiger partial charge in [0.1, 0.15) is 0 Å². The molecule has 0 aromatic carbocycles. The van der Waals surface area contributed by atoms with Crippen LogP contribution >= 0.6 is 0 Å². The van der Waals surface area contributed by atoms with Gasteiger partial charge in [-0.1, -0.05) is 0 Å². The van der Waals surface area contributed by atoms with Crippen LogP contribution < -0.4 is 10.6 Å². The van der Waals surface area contributed by atoms with Crippen LogP contribution in [0.25, 0.3) is 0 Å². The Labute approximate surface area is 90.8 Å². The van der Waals surface area contributed by atoms with Crippen LogP contribution in [0.1, 0.15) is 19.3 Å².